The summed E-state index contributed by atoms with van der Waals surface area (Å²) in [6.07, 6.45) is 6.75. The largest absolute Gasteiger partial charge is 0.0625 e. The molecular formula is C10H19. The first-order chi connectivity index (χ1) is 4.70. The van der Waals surface area contributed by atoms with Crippen LogP contribution in [0.4, 0.5) is 0 Å². The molecular weight excluding hydrogens is 120 g/mol. The molecule has 1 aliphatic rings. The van der Waals surface area contributed by atoms with Crippen molar-refractivity contribution in [2.24, 2.45) is 17.8 Å². The van der Waals surface area contributed by atoms with Gasteiger partial charge in [0.15, 0.2) is 0 Å². The number of rotatable bonds is 1. The van der Waals surface area contributed by atoms with Crippen molar-refractivity contribution in [3.8, 4) is 0 Å². The minimum atomic E-state index is 0.868. The third-order valence-electron chi connectivity index (χ3n) is 2.69. The van der Waals surface area contributed by atoms with Gasteiger partial charge in [-0.25, -0.2) is 0 Å². The smallest absolute Gasteiger partial charge is 0.0350 e. The molecule has 0 aromatic carbocycles. The van der Waals surface area contributed by atoms with Gasteiger partial charge in [-0.3, -0.25) is 0 Å². The predicted octanol–water partition coefficient (Wildman–Crippen LogP) is 3.28. The van der Waals surface area contributed by atoms with Gasteiger partial charge in [-0.2, -0.15) is 0 Å². The molecule has 1 aliphatic carbocycles. The van der Waals surface area contributed by atoms with Gasteiger partial charge >= 0.3 is 0 Å². The summed E-state index contributed by atoms with van der Waals surface area (Å²) < 4.78 is 0. The van der Waals surface area contributed by atoms with Gasteiger partial charge in [-0.1, -0.05) is 27.2 Å². The van der Waals surface area contributed by atoms with Crippen LogP contribution in [0.15, 0.2) is 0 Å². The molecule has 0 bridgehead atoms. The Bertz CT molecular complexity index is 86.2. The first kappa shape index (κ1) is 8.10. The van der Waals surface area contributed by atoms with Crippen LogP contribution in [-0.2, 0) is 0 Å². The van der Waals surface area contributed by atoms with Crippen LogP contribution in [0.25, 0.3) is 0 Å². The summed E-state index contributed by atoms with van der Waals surface area (Å²) in [6.45, 7) is 7.02. The molecule has 1 saturated carbocycles. The summed E-state index contributed by atoms with van der Waals surface area (Å²) in [5, 5.41) is 0. The Morgan fingerprint density at radius 1 is 1.30 bits per heavy atom. The molecule has 0 heterocycles. The SMILES string of the molecule is CC(C)[C@@H]1[CH]C[C@H](C)CC1. The van der Waals surface area contributed by atoms with Gasteiger partial charge in [-0.05, 0) is 37.0 Å². The molecule has 1 rings (SSSR count). The molecule has 0 nitrogen and oxygen atoms in total. The first-order valence-corrected chi connectivity index (χ1v) is 4.53. The van der Waals surface area contributed by atoms with Crippen molar-refractivity contribution in [3.05, 3.63) is 6.42 Å². The molecule has 0 aromatic rings. The van der Waals surface area contributed by atoms with Crippen LogP contribution in [0, 0.1) is 24.2 Å². The molecule has 0 aliphatic heterocycles. The van der Waals surface area contributed by atoms with E-state index < -0.39 is 0 Å². The molecule has 2 atom stereocenters. The van der Waals surface area contributed by atoms with Crippen molar-refractivity contribution in [2.75, 3.05) is 0 Å². The van der Waals surface area contributed by atoms with Crippen molar-refractivity contribution in [1.82, 2.24) is 0 Å². The summed E-state index contributed by atoms with van der Waals surface area (Å²) in [5.74, 6) is 2.73. The zero-order valence-corrected chi connectivity index (χ0v) is 7.43. The summed E-state index contributed by atoms with van der Waals surface area (Å²) in [6, 6.07) is 0. The molecule has 0 heteroatoms. The van der Waals surface area contributed by atoms with Crippen LogP contribution in [0.1, 0.15) is 40.0 Å². The van der Waals surface area contributed by atoms with Crippen LogP contribution in [0.3, 0.4) is 0 Å². The molecule has 10 heavy (non-hydrogen) atoms. The highest BCUT2D eigenvalue weighted by atomic mass is 14.3. The lowest BCUT2D eigenvalue weighted by Gasteiger charge is -2.28. The Morgan fingerprint density at radius 2 is 2.00 bits per heavy atom. The van der Waals surface area contributed by atoms with E-state index in [4.69, 9.17) is 0 Å². The van der Waals surface area contributed by atoms with Gasteiger partial charge < -0.3 is 0 Å². The fraction of sp³-hybridized carbons (Fsp3) is 0.900. The summed E-state index contributed by atoms with van der Waals surface area (Å²) in [5.41, 5.74) is 0. The minimum Gasteiger partial charge on any atom is -0.0625 e. The highest BCUT2D eigenvalue weighted by Gasteiger charge is 2.20. The van der Waals surface area contributed by atoms with E-state index in [1.807, 2.05) is 0 Å². The normalized spacial score (nSPS) is 34.8. The van der Waals surface area contributed by atoms with E-state index in [2.05, 4.69) is 27.2 Å². The lowest BCUT2D eigenvalue weighted by Crippen LogP contribution is -2.17. The lowest BCUT2D eigenvalue weighted by molar-refractivity contribution is 0.302. The molecule has 0 N–H and O–H groups in total. The zero-order valence-electron chi connectivity index (χ0n) is 7.43. The van der Waals surface area contributed by atoms with E-state index in [0.29, 0.717) is 0 Å². The fourth-order valence-corrected chi connectivity index (χ4v) is 1.73. The lowest BCUT2D eigenvalue weighted by atomic mass is 9.78. The predicted molar refractivity (Wildman–Crippen MR) is 45.6 cm³/mol. The average molecular weight is 139 g/mol. The third kappa shape index (κ3) is 2.00. The standard InChI is InChI=1S/C10H19/c1-8(2)10-6-4-9(3)5-7-10/h6,8-10H,4-5,7H2,1-3H3/t9-,10+/m0/s1. The van der Waals surface area contributed by atoms with Gasteiger partial charge in [0.2, 0.25) is 0 Å². The molecule has 0 aromatic heterocycles. The van der Waals surface area contributed by atoms with E-state index in [1.54, 1.807) is 0 Å². The molecule has 0 spiro atoms. The highest BCUT2D eigenvalue weighted by Crippen LogP contribution is 2.31. The second kappa shape index (κ2) is 3.41. The maximum atomic E-state index is 2.53. The van der Waals surface area contributed by atoms with E-state index in [-0.39, 0.29) is 0 Å². The molecule has 0 amide bonds. The van der Waals surface area contributed by atoms with E-state index in [9.17, 15) is 0 Å². The van der Waals surface area contributed by atoms with Crippen LogP contribution >= 0.6 is 0 Å². The Labute approximate surface area is 65.0 Å². The summed E-state index contributed by atoms with van der Waals surface area (Å²) in [7, 11) is 0. The number of hydrogen-bond acceptors (Lipinski definition) is 0. The van der Waals surface area contributed by atoms with Crippen LogP contribution in [0.5, 0.6) is 0 Å². The van der Waals surface area contributed by atoms with Crippen molar-refractivity contribution in [2.45, 2.75) is 40.0 Å². The van der Waals surface area contributed by atoms with Gasteiger partial charge in [0, 0.05) is 0 Å². The Kier molecular flexibility index (Phi) is 2.76. The van der Waals surface area contributed by atoms with Crippen molar-refractivity contribution in [3.63, 3.8) is 0 Å². The quantitative estimate of drug-likeness (QED) is 0.523. The fourth-order valence-electron chi connectivity index (χ4n) is 1.73. The topological polar surface area (TPSA) is 0 Å². The van der Waals surface area contributed by atoms with Gasteiger partial charge in [0.25, 0.3) is 0 Å². The highest BCUT2D eigenvalue weighted by molar-refractivity contribution is 4.85. The Morgan fingerprint density at radius 3 is 2.40 bits per heavy atom. The molecule has 1 fully saturated rings. The number of hydrogen-bond donors (Lipinski definition) is 0. The minimum absolute atomic E-state index is 0.868. The molecule has 1 radical (unpaired) electrons. The average Bonchev–Trinajstić information content (AvgIpc) is 1.88. The molecule has 59 valence electrons. The van der Waals surface area contributed by atoms with E-state index >= 15 is 0 Å². The third-order valence-corrected chi connectivity index (χ3v) is 2.69. The van der Waals surface area contributed by atoms with Crippen LogP contribution < -0.4 is 0 Å². The monoisotopic (exact) mass is 139 g/mol. The van der Waals surface area contributed by atoms with Crippen molar-refractivity contribution >= 4 is 0 Å². The summed E-state index contributed by atoms with van der Waals surface area (Å²) >= 11 is 0. The van der Waals surface area contributed by atoms with E-state index in [0.717, 1.165) is 17.8 Å². The summed E-state index contributed by atoms with van der Waals surface area (Å²) in [4.78, 5) is 0. The van der Waals surface area contributed by atoms with Gasteiger partial charge in [0.05, 0.1) is 0 Å². The van der Waals surface area contributed by atoms with Gasteiger partial charge in [-0.15, -0.1) is 0 Å². The second-order valence-electron chi connectivity index (χ2n) is 4.06. The second-order valence-corrected chi connectivity index (χ2v) is 4.06. The van der Waals surface area contributed by atoms with Crippen LogP contribution in [0.2, 0.25) is 0 Å². The zero-order chi connectivity index (χ0) is 7.56. The van der Waals surface area contributed by atoms with Crippen molar-refractivity contribution in [1.29, 1.82) is 0 Å². The Hall–Kier alpha value is 0. The van der Waals surface area contributed by atoms with Crippen molar-refractivity contribution < 1.29 is 0 Å². The van der Waals surface area contributed by atoms with Crippen LogP contribution in [-0.4, -0.2) is 0 Å². The Balaban J connectivity index is 2.26. The molecule has 0 saturated heterocycles. The maximum Gasteiger partial charge on any atom is -0.0350 e. The molecule has 0 unspecified atom stereocenters. The van der Waals surface area contributed by atoms with Gasteiger partial charge in [0.1, 0.15) is 0 Å². The maximum absolute atomic E-state index is 2.53. The first-order valence-electron chi connectivity index (χ1n) is 4.53. The van der Waals surface area contributed by atoms with E-state index in [1.165, 1.54) is 19.3 Å².